The topological polar surface area (TPSA) is 54.5 Å². The summed E-state index contributed by atoms with van der Waals surface area (Å²) in [5, 5.41) is 3.07. The van der Waals surface area contributed by atoms with Crippen molar-refractivity contribution in [3.63, 3.8) is 0 Å². The lowest BCUT2D eigenvalue weighted by molar-refractivity contribution is -0.138. The molecule has 0 saturated carbocycles. The van der Waals surface area contributed by atoms with Crippen molar-refractivity contribution in [2.75, 3.05) is 26.2 Å². The largest absolute Gasteiger partial charge is 0.448 e. The Morgan fingerprint density at radius 2 is 1.70 bits per heavy atom. The van der Waals surface area contributed by atoms with Crippen LogP contribution >= 0.6 is 0 Å². The quantitative estimate of drug-likeness (QED) is 0.607. The number of pyridine rings is 1. The van der Waals surface area contributed by atoms with Gasteiger partial charge in [-0.25, -0.2) is 4.79 Å². The van der Waals surface area contributed by atoms with Crippen LogP contribution in [0.25, 0.3) is 11.1 Å². The number of rotatable bonds is 3. The number of ether oxygens (including phenoxy) is 1. The van der Waals surface area contributed by atoms with Gasteiger partial charge in [0.15, 0.2) is 0 Å². The molecule has 0 bridgehead atoms. The van der Waals surface area contributed by atoms with Crippen molar-refractivity contribution >= 4 is 6.09 Å². The number of halogens is 3. The van der Waals surface area contributed by atoms with Gasteiger partial charge in [-0.2, -0.15) is 13.2 Å². The van der Waals surface area contributed by atoms with E-state index in [1.165, 1.54) is 11.1 Å². The highest BCUT2D eigenvalue weighted by molar-refractivity contribution is 5.79. The molecule has 3 aromatic rings. The van der Waals surface area contributed by atoms with Gasteiger partial charge in [-0.1, -0.05) is 48.5 Å². The van der Waals surface area contributed by atoms with Gasteiger partial charge in [0.2, 0.25) is 0 Å². The Morgan fingerprint density at radius 1 is 1.03 bits per heavy atom. The first kappa shape index (κ1) is 21.5. The zero-order valence-corrected chi connectivity index (χ0v) is 17.7. The highest BCUT2D eigenvalue weighted by Gasteiger charge is 2.37. The van der Waals surface area contributed by atoms with Crippen LogP contribution in [0.2, 0.25) is 0 Å². The molecule has 1 amide bonds. The van der Waals surface area contributed by atoms with Gasteiger partial charge in [0.1, 0.15) is 6.61 Å². The second-order valence-corrected chi connectivity index (χ2v) is 8.22. The summed E-state index contributed by atoms with van der Waals surface area (Å²) in [4.78, 5) is 18.2. The van der Waals surface area contributed by atoms with Crippen molar-refractivity contribution in [2.24, 2.45) is 0 Å². The lowest BCUT2D eigenvalue weighted by atomic mass is 9.98. The van der Waals surface area contributed by atoms with E-state index in [9.17, 15) is 18.0 Å². The second-order valence-electron chi connectivity index (χ2n) is 8.22. The summed E-state index contributed by atoms with van der Waals surface area (Å²) in [6.45, 7) is 0.962. The molecule has 0 spiro atoms. The van der Waals surface area contributed by atoms with Crippen molar-refractivity contribution in [3.05, 3.63) is 89.2 Å². The smallest absolute Gasteiger partial charge is 0.416 e. The number of hydrogen-bond acceptors (Lipinski definition) is 4. The van der Waals surface area contributed by atoms with Crippen molar-refractivity contribution in [2.45, 2.75) is 18.1 Å². The van der Waals surface area contributed by atoms with Gasteiger partial charge >= 0.3 is 12.3 Å². The monoisotopic (exact) mass is 453 g/mol. The third kappa shape index (κ3) is 4.06. The standard InChI is InChI=1S/C25H22F3N3O2/c26-25(27,28)22-9-10-29-13-20(22)23-14-31(12-11-30-23)24(32)33-15-21-18-7-3-1-5-16(18)17-6-2-4-8-19(17)21/h1-10,13,21,23,30H,11-12,14-15H2. The molecule has 1 atom stereocenters. The third-order valence-corrected chi connectivity index (χ3v) is 6.30. The molecule has 1 aliphatic carbocycles. The first-order valence-corrected chi connectivity index (χ1v) is 10.8. The van der Waals surface area contributed by atoms with Crippen molar-refractivity contribution in [1.82, 2.24) is 15.2 Å². The molecule has 2 aliphatic rings. The number of carbonyl (C=O) groups is 1. The fourth-order valence-corrected chi connectivity index (χ4v) is 4.75. The maximum atomic E-state index is 13.4. The number of benzene rings is 2. The Labute approximate surface area is 189 Å². The lowest BCUT2D eigenvalue weighted by Gasteiger charge is -2.34. The minimum Gasteiger partial charge on any atom is -0.448 e. The summed E-state index contributed by atoms with van der Waals surface area (Å²) in [6, 6.07) is 16.4. The van der Waals surface area contributed by atoms with Gasteiger partial charge < -0.3 is 15.0 Å². The normalized spacial score (nSPS) is 18.0. The number of aromatic nitrogens is 1. The molecular weight excluding hydrogens is 431 g/mol. The van der Waals surface area contributed by atoms with Crippen molar-refractivity contribution in [1.29, 1.82) is 0 Å². The number of nitrogens with zero attached hydrogens (tertiary/aromatic N) is 2. The van der Waals surface area contributed by atoms with Gasteiger partial charge in [-0.15, -0.1) is 0 Å². The number of nitrogens with one attached hydrogen (secondary N) is 1. The van der Waals surface area contributed by atoms with Crippen LogP contribution < -0.4 is 5.32 Å². The molecule has 1 aliphatic heterocycles. The fraction of sp³-hybridized carbons (Fsp3) is 0.280. The molecule has 33 heavy (non-hydrogen) atoms. The Hall–Kier alpha value is -3.39. The minimum atomic E-state index is -4.49. The van der Waals surface area contributed by atoms with E-state index in [0.717, 1.165) is 34.5 Å². The van der Waals surface area contributed by atoms with Gasteiger partial charge in [0.25, 0.3) is 0 Å². The molecular formula is C25H22F3N3O2. The molecule has 1 saturated heterocycles. The van der Waals surface area contributed by atoms with Crippen molar-refractivity contribution < 1.29 is 22.7 Å². The minimum absolute atomic E-state index is 0.0288. The lowest BCUT2D eigenvalue weighted by Crippen LogP contribution is -2.49. The Bertz CT molecular complexity index is 1140. The van der Waals surface area contributed by atoms with E-state index in [0.29, 0.717) is 13.1 Å². The molecule has 1 aromatic heterocycles. The first-order valence-electron chi connectivity index (χ1n) is 10.8. The van der Waals surface area contributed by atoms with Gasteiger partial charge in [-0.3, -0.25) is 4.98 Å². The molecule has 5 rings (SSSR count). The molecule has 2 heterocycles. The zero-order valence-electron chi connectivity index (χ0n) is 17.7. The molecule has 8 heteroatoms. The molecule has 1 N–H and O–H groups in total. The molecule has 2 aromatic carbocycles. The number of alkyl halides is 3. The average molecular weight is 453 g/mol. The first-order chi connectivity index (χ1) is 15.9. The van der Waals surface area contributed by atoms with Crippen molar-refractivity contribution in [3.8, 4) is 11.1 Å². The number of fused-ring (bicyclic) bond motifs is 3. The van der Waals surface area contributed by atoms with E-state index < -0.39 is 23.9 Å². The summed E-state index contributed by atoms with van der Waals surface area (Å²) in [5.74, 6) is -0.0739. The second kappa shape index (κ2) is 8.51. The van der Waals surface area contributed by atoms with Crippen LogP contribution in [0, 0.1) is 0 Å². The SMILES string of the molecule is O=C(OCC1c2ccccc2-c2ccccc21)N1CCNC(c2cnccc2C(F)(F)F)C1. The summed E-state index contributed by atoms with van der Waals surface area (Å²) in [7, 11) is 0. The predicted molar refractivity (Wildman–Crippen MR) is 117 cm³/mol. The van der Waals surface area contributed by atoms with Crippen LogP contribution in [0.1, 0.15) is 34.2 Å². The molecule has 170 valence electrons. The fourth-order valence-electron chi connectivity index (χ4n) is 4.75. The Kier molecular flexibility index (Phi) is 5.54. The maximum absolute atomic E-state index is 13.4. The molecule has 0 radical (unpaired) electrons. The van der Waals surface area contributed by atoms with E-state index in [1.807, 2.05) is 36.4 Å². The van der Waals surface area contributed by atoms with Gasteiger partial charge in [0, 0.05) is 43.5 Å². The van der Waals surface area contributed by atoms with Gasteiger partial charge in [-0.05, 0) is 28.3 Å². The summed E-state index contributed by atoms with van der Waals surface area (Å²) >= 11 is 0. The van der Waals surface area contributed by atoms with Crippen LogP contribution in [0.4, 0.5) is 18.0 Å². The Balaban J connectivity index is 1.30. The zero-order chi connectivity index (χ0) is 23.0. The van der Waals surface area contributed by atoms with Crippen LogP contribution in [0.3, 0.4) is 0 Å². The number of hydrogen-bond donors (Lipinski definition) is 1. The summed E-state index contributed by atoms with van der Waals surface area (Å²) in [5.41, 5.74) is 3.76. The van der Waals surface area contributed by atoms with Crippen LogP contribution in [-0.2, 0) is 10.9 Å². The van der Waals surface area contributed by atoms with E-state index in [2.05, 4.69) is 22.4 Å². The summed E-state index contributed by atoms with van der Waals surface area (Å²) < 4.78 is 46.0. The van der Waals surface area contributed by atoms with E-state index >= 15 is 0 Å². The molecule has 1 unspecified atom stereocenters. The summed E-state index contributed by atoms with van der Waals surface area (Å²) in [6.07, 6.45) is -2.69. The highest BCUT2D eigenvalue weighted by atomic mass is 19.4. The number of piperazine rings is 1. The third-order valence-electron chi connectivity index (χ3n) is 6.30. The predicted octanol–water partition coefficient (Wildman–Crippen LogP) is 5.00. The number of carbonyl (C=O) groups excluding carboxylic acids is 1. The Morgan fingerprint density at radius 3 is 2.36 bits per heavy atom. The maximum Gasteiger partial charge on any atom is 0.416 e. The van der Waals surface area contributed by atoms with Crippen LogP contribution in [0.15, 0.2) is 67.0 Å². The van der Waals surface area contributed by atoms with E-state index in [-0.39, 0.29) is 24.6 Å². The molecule has 1 fully saturated rings. The molecule has 5 nitrogen and oxygen atoms in total. The average Bonchev–Trinajstić information content (AvgIpc) is 3.16. The van der Waals surface area contributed by atoms with Crippen LogP contribution in [0.5, 0.6) is 0 Å². The van der Waals surface area contributed by atoms with Crippen LogP contribution in [-0.4, -0.2) is 42.2 Å². The van der Waals surface area contributed by atoms with E-state index in [1.54, 1.807) is 0 Å². The number of amides is 1. The highest BCUT2D eigenvalue weighted by Crippen LogP contribution is 2.44. The van der Waals surface area contributed by atoms with E-state index in [4.69, 9.17) is 4.74 Å². The van der Waals surface area contributed by atoms with Gasteiger partial charge in [0.05, 0.1) is 11.6 Å².